The highest BCUT2D eigenvalue weighted by molar-refractivity contribution is 6.30. The molecular formula is C24H20ClNO3. The van der Waals surface area contributed by atoms with Crippen molar-refractivity contribution in [3.05, 3.63) is 87.9 Å². The van der Waals surface area contributed by atoms with Gasteiger partial charge in [-0.3, -0.25) is 0 Å². The molecule has 2 heterocycles. The molecule has 0 aromatic heterocycles. The molecule has 3 aromatic rings. The van der Waals surface area contributed by atoms with Gasteiger partial charge in [0.2, 0.25) is 0 Å². The molecule has 0 aliphatic carbocycles. The zero-order chi connectivity index (χ0) is 20.2. The summed E-state index contributed by atoms with van der Waals surface area (Å²) in [6.07, 6.45) is 1.05. The van der Waals surface area contributed by atoms with Gasteiger partial charge in [-0.15, -0.1) is 0 Å². The van der Waals surface area contributed by atoms with Crippen molar-refractivity contribution in [1.29, 1.82) is 0 Å². The molecule has 0 bridgehead atoms. The smallest absolute Gasteiger partial charge is 0.340 e. The molecule has 5 rings (SSSR count). The fourth-order valence-electron chi connectivity index (χ4n) is 4.34. The molecule has 29 heavy (non-hydrogen) atoms. The summed E-state index contributed by atoms with van der Waals surface area (Å²) in [7, 11) is 2.06. The quantitative estimate of drug-likeness (QED) is 0.520. The summed E-state index contributed by atoms with van der Waals surface area (Å²) in [6.45, 7) is 3.09. The lowest BCUT2D eigenvalue weighted by Crippen LogP contribution is -2.33. The van der Waals surface area contributed by atoms with E-state index in [1.165, 1.54) is 0 Å². The largest absolute Gasteiger partial charge is 0.456 e. The predicted molar refractivity (Wildman–Crippen MR) is 113 cm³/mol. The summed E-state index contributed by atoms with van der Waals surface area (Å²) in [6, 6.07) is 19.0. The van der Waals surface area contributed by atoms with Crippen molar-refractivity contribution in [2.75, 3.05) is 18.5 Å². The van der Waals surface area contributed by atoms with Crippen molar-refractivity contribution >= 4 is 23.3 Å². The molecule has 3 aromatic carbocycles. The Hall–Kier alpha value is -2.98. The molecule has 2 aliphatic heterocycles. The zero-order valence-electron chi connectivity index (χ0n) is 16.2. The summed E-state index contributed by atoms with van der Waals surface area (Å²) < 4.78 is 12.4. The Bertz CT molecular complexity index is 1140. The van der Waals surface area contributed by atoms with Gasteiger partial charge in [-0.1, -0.05) is 36.7 Å². The minimum Gasteiger partial charge on any atom is -0.456 e. The number of halogens is 1. The van der Waals surface area contributed by atoms with E-state index in [1.54, 1.807) is 12.1 Å². The second-order valence-corrected chi connectivity index (χ2v) is 7.90. The number of ether oxygens (including phenoxy) is 2. The van der Waals surface area contributed by atoms with Gasteiger partial charge >= 0.3 is 5.97 Å². The van der Waals surface area contributed by atoms with Crippen LogP contribution in [0, 0.1) is 0 Å². The Kier molecular flexibility index (Phi) is 4.07. The van der Waals surface area contributed by atoms with Crippen LogP contribution in [0.4, 0.5) is 5.69 Å². The highest BCUT2D eigenvalue weighted by atomic mass is 35.5. The summed E-state index contributed by atoms with van der Waals surface area (Å²) in [5, 5.41) is 0.565. The van der Waals surface area contributed by atoms with Gasteiger partial charge in [0.05, 0.1) is 5.56 Å². The number of hydrogen-bond donors (Lipinski definition) is 0. The lowest BCUT2D eigenvalue weighted by atomic mass is 9.77. The van der Waals surface area contributed by atoms with Crippen molar-refractivity contribution < 1.29 is 14.3 Å². The molecule has 1 unspecified atom stereocenters. The minimum atomic E-state index is -1.07. The monoisotopic (exact) mass is 405 g/mol. The summed E-state index contributed by atoms with van der Waals surface area (Å²) in [5.74, 6) is 0.984. The van der Waals surface area contributed by atoms with Crippen molar-refractivity contribution in [1.82, 2.24) is 0 Å². The molecule has 0 amide bonds. The normalized spacial score (nSPS) is 18.5. The molecule has 0 saturated carbocycles. The van der Waals surface area contributed by atoms with E-state index in [0.29, 0.717) is 22.1 Å². The topological polar surface area (TPSA) is 38.8 Å². The summed E-state index contributed by atoms with van der Waals surface area (Å²) in [5.41, 5.74) is 2.91. The Morgan fingerprint density at radius 3 is 2.62 bits per heavy atom. The van der Waals surface area contributed by atoms with Gasteiger partial charge in [0, 0.05) is 47.1 Å². The van der Waals surface area contributed by atoms with Crippen LogP contribution >= 0.6 is 11.6 Å². The first-order valence-electron chi connectivity index (χ1n) is 9.71. The highest BCUT2D eigenvalue weighted by Crippen LogP contribution is 2.56. The van der Waals surface area contributed by atoms with Gasteiger partial charge in [-0.25, -0.2) is 4.79 Å². The minimum absolute atomic E-state index is 0.341. The molecule has 0 fully saturated rings. The third kappa shape index (κ3) is 2.56. The lowest BCUT2D eigenvalue weighted by molar-refractivity contribution is 0.0224. The van der Waals surface area contributed by atoms with Crippen LogP contribution in [-0.2, 0) is 10.3 Å². The number of hydrogen-bond acceptors (Lipinski definition) is 4. The van der Waals surface area contributed by atoms with Gasteiger partial charge < -0.3 is 14.4 Å². The molecule has 2 aliphatic rings. The Morgan fingerprint density at radius 1 is 0.966 bits per heavy atom. The van der Waals surface area contributed by atoms with Crippen molar-refractivity contribution in [2.24, 2.45) is 0 Å². The van der Waals surface area contributed by atoms with Gasteiger partial charge in [-0.2, -0.15) is 0 Å². The van der Waals surface area contributed by atoms with Gasteiger partial charge in [0.25, 0.3) is 0 Å². The first-order chi connectivity index (χ1) is 14.0. The molecule has 5 heteroatoms. The number of carbonyl (C=O) groups excluding carboxylic acids is 1. The third-order valence-electron chi connectivity index (χ3n) is 5.66. The molecule has 146 valence electrons. The van der Waals surface area contributed by atoms with Gasteiger partial charge in [-0.05, 0) is 42.8 Å². The van der Waals surface area contributed by atoms with Crippen molar-refractivity contribution in [3.63, 3.8) is 0 Å². The number of esters is 1. The predicted octanol–water partition coefficient (Wildman–Crippen LogP) is 5.75. The summed E-state index contributed by atoms with van der Waals surface area (Å²) >= 11 is 6.33. The fraction of sp³-hybridized carbons (Fsp3) is 0.208. The Labute approximate surface area is 174 Å². The maximum Gasteiger partial charge on any atom is 0.340 e. The van der Waals surface area contributed by atoms with E-state index < -0.39 is 5.60 Å². The molecule has 0 radical (unpaired) electrons. The van der Waals surface area contributed by atoms with E-state index in [0.717, 1.165) is 35.3 Å². The number of anilines is 1. The molecule has 1 atom stereocenters. The number of rotatable bonds is 3. The van der Waals surface area contributed by atoms with Crippen LogP contribution in [0.2, 0.25) is 5.02 Å². The van der Waals surface area contributed by atoms with Crippen LogP contribution < -0.4 is 9.64 Å². The van der Waals surface area contributed by atoms with E-state index in [2.05, 4.69) is 18.9 Å². The molecular weight excluding hydrogens is 386 g/mol. The van der Waals surface area contributed by atoms with E-state index in [4.69, 9.17) is 21.1 Å². The van der Waals surface area contributed by atoms with Crippen molar-refractivity contribution in [2.45, 2.75) is 18.9 Å². The van der Waals surface area contributed by atoms with E-state index in [-0.39, 0.29) is 5.97 Å². The molecule has 4 nitrogen and oxygen atoms in total. The average Bonchev–Trinajstić information content (AvgIpc) is 3.02. The second-order valence-electron chi connectivity index (χ2n) is 7.46. The first kappa shape index (κ1) is 18.1. The molecule has 0 N–H and O–H groups in total. The SMILES string of the molecule is CCCN(C)c1ccc2c(c1)Oc1ccc(Cl)cc1C21OC(=O)c2ccccc21. The van der Waals surface area contributed by atoms with Crippen LogP contribution in [-0.4, -0.2) is 19.6 Å². The Balaban J connectivity index is 1.79. The van der Waals surface area contributed by atoms with Crippen LogP contribution in [0.15, 0.2) is 60.7 Å². The van der Waals surface area contributed by atoms with Crippen LogP contribution in [0.25, 0.3) is 0 Å². The van der Waals surface area contributed by atoms with E-state index >= 15 is 0 Å². The summed E-state index contributed by atoms with van der Waals surface area (Å²) in [4.78, 5) is 15.0. The van der Waals surface area contributed by atoms with E-state index in [1.807, 2.05) is 48.5 Å². The third-order valence-corrected chi connectivity index (χ3v) is 5.89. The molecule has 1 spiro atoms. The average molecular weight is 406 g/mol. The van der Waals surface area contributed by atoms with Crippen molar-refractivity contribution in [3.8, 4) is 11.5 Å². The number of benzene rings is 3. The van der Waals surface area contributed by atoms with Gasteiger partial charge in [0.15, 0.2) is 5.60 Å². The number of nitrogens with zero attached hydrogens (tertiary/aromatic N) is 1. The maximum atomic E-state index is 12.8. The van der Waals surface area contributed by atoms with Crippen LogP contribution in [0.3, 0.4) is 0 Å². The van der Waals surface area contributed by atoms with Gasteiger partial charge in [0.1, 0.15) is 11.5 Å². The number of fused-ring (bicyclic) bond motifs is 6. The number of carbonyl (C=O) groups is 1. The van der Waals surface area contributed by atoms with Crippen LogP contribution in [0.1, 0.15) is 40.4 Å². The molecule has 0 saturated heterocycles. The highest BCUT2D eigenvalue weighted by Gasteiger charge is 2.53. The first-order valence-corrected chi connectivity index (χ1v) is 10.1. The fourth-order valence-corrected chi connectivity index (χ4v) is 4.51. The second kappa shape index (κ2) is 6.53. The zero-order valence-corrected chi connectivity index (χ0v) is 17.0. The van der Waals surface area contributed by atoms with E-state index in [9.17, 15) is 4.79 Å². The maximum absolute atomic E-state index is 12.8. The Morgan fingerprint density at radius 2 is 1.79 bits per heavy atom. The lowest BCUT2D eigenvalue weighted by Gasteiger charge is -2.37. The standard InChI is InChI=1S/C24H20ClNO3/c1-3-12-26(2)16-9-10-19-22(14-16)28-21-11-8-15(25)13-20(21)24(19)18-7-5-4-6-17(18)23(27)29-24/h4-11,13-14H,3,12H2,1-2H3. The van der Waals surface area contributed by atoms with Crippen LogP contribution in [0.5, 0.6) is 11.5 Å².